The monoisotopic (exact) mass is 392 g/mol. The zero-order valence-corrected chi connectivity index (χ0v) is 15.5. The predicted molar refractivity (Wildman–Crippen MR) is 95.3 cm³/mol. The number of aromatic nitrogens is 3. The van der Waals surface area contributed by atoms with Gasteiger partial charge in [-0.05, 0) is 43.7 Å². The zero-order valence-electron chi connectivity index (χ0n) is 14.7. The van der Waals surface area contributed by atoms with Gasteiger partial charge in [-0.25, -0.2) is 12.8 Å². The first-order valence-corrected chi connectivity index (χ1v) is 9.51. The Hall–Kier alpha value is -3.01. The van der Waals surface area contributed by atoms with Crippen molar-refractivity contribution >= 4 is 27.3 Å². The van der Waals surface area contributed by atoms with E-state index in [1.807, 2.05) is 0 Å². The number of hydrogen-bond acceptors (Lipinski definition) is 6. The molecule has 0 unspecified atom stereocenters. The molecule has 0 saturated heterocycles. The number of anilines is 1. The summed E-state index contributed by atoms with van der Waals surface area (Å²) in [5.74, 6) is -1.32. The van der Waals surface area contributed by atoms with Crippen LogP contribution in [0.5, 0.6) is 0 Å². The van der Waals surface area contributed by atoms with Crippen LogP contribution in [0.15, 0.2) is 47.8 Å². The van der Waals surface area contributed by atoms with E-state index in [9.17, 15) is 17.6 Å². The largest absolute Gasteiger partial charge is 0.465 e. The average molecular weight is 392 g/mol. The molecule has 27 heavy (non-hydrogen) atoms. The van der Waals surface area contributed by atoms with Crippen LogP contribution >= 0.6 is 0 Å². The Kier molecular flexibility index (Phi) is 5.08. The minimum atomic E-state index is -4.18. The number of pyridine rings is 1. The van der Waals surface area contributed by atoms with E-state index in [2.05, 4.69) is 10.2 Å². The second-order valence-electron chi connectivity index (χ2n) is 5.71. The van der Waals surface area contributed by atoms with Gasteiger partial charge in [0.2, 0.25) is 0 Å². The molecule has 3 aromatic rings. The highest BCUT2D eigenvalue weighted by Crippen LogP contribution is 2.25. The molecular formula is C17H17FN4O4S. The van der Waals surface area contributed by atoms with Crippen molar-refractivity contribution in [3.63, 3.8) is 0 Å². The maximum atomic E-state index is 14.0. The first kappa shape index (κ1) is 18.8. The SMILES string of the molecule is CCOC(=O)CN(c1ccc(C)c(F)c1)S(=O)(=O)c1ccc2nncn2c1. The number of ether oxygens (including phenoxy) is 1. The quantitative estimate of drug-likeness (QED) is 0.595. The highest BCUT2D eigenvalue weighted by molar-refractivity contribution is 7.92. The van der Waals surface area contributed by atoms with Crippen LogP contribution in [0.2, 0.25) is 0 Å². The van der Waals surface area contributed by atoms with E-state index >= 15 is 0 Å². The molecule has 8 nitrogen and oxygen atoms in total. The molecule has 142 valence electrons. The standard InChI is InChI=1S/C17H17FN4O4S/c1-3-26-17(23)10-22(13-5-4-12(2)15(18)8-13)27(24,25)14-6-7-16-20-19-11-21(16)9-14/h4-9,11H,3,10H2,1-2H3. The van der Waals surface area contributed by atoms with Gasteiger partial charge in [-0.1, -0.05) is 6.07 Å². The van der Waals surface area contributed by atoms with Crippen molar-refractivity contribution in [1.29, 1.82) is 0 Å². The third kappa shape index (κ3) is 3.75. The average Bonchev–Trinajstić information content (AvgIpc) is 3.10. The Bertz CT molecular complexity index is 1100. The third-order valence-electron chi connectivity index (χ3n) is 3.87. The third-order valence-corrected chi connectivity index (χ3v) is 5.63. The summed E-state index contributed by atoms with van der Waals surface area (Å²) >= 11 is 0. The Balaban J connectivity index is 2.09. The molecule has 0 atom stereocenters. The number of carbonyl (C=O) groups is 1. The summed E-state index contributed by atoms with van der Waals surface area (Å²) in [7, 11) is -4.18. The molecule has 0 N–H and O–H groups in total. The number of carbonyl (C=O) groups excluding carboxylic acids is 1. The summed E-state index contributed by atoms with van der Waals surface area (Å²) < 4.78 is 47.5. The van der Waals surface area contributed by atoms with Crippen LogP contribution in [-0.4, -0.2) is 42.1 Å². The van der Waals surface area contributed by atoms with Crippen molar-refractivity contribution in [3.05, 3.63) is 54.2 Å². The second-order valence-corrected chi connectivity index (χ2v) is 7.57. The van der Waals surface area contributed by atoms with Crippen molar-refractivity contribution in [3.8, 4) is 0 Å². The molecule has 0 aliphatic rings. The number of benzene rings is 1. The topological polar surface area (TPSA) is 93.9 Å². The van der Waals surface area contributed by atoms with Crippen molar-refractivity contribution in [2.75, 3.05) is 17.5 Å². The molecule has 2 aromatic heterocycles. The van der Waals surface area contributed by atoms with Gasteiger partial charge in [0.1, 0.15) is 23.6 Å². The maximum Gasteiger partial charge on any atom is 0.326 e. The highest BCUT2D eigenvalue weighted by atomic mass is 32.2. The number of halogens is 1. The van der Waals surface area contributed by atoms with Crippen LogP contribution in [0.4, 0.5) is 10.1 Å². The lowest BCUT2D eigenvalue weighted by Gasteiger charge is -2.24. The smallest absolute Gasteiger partial charge is 0.326 e. The number of rotatable bonds is 6. The Morgan fingerprint density at radius 2 is 2.07 bits per heavy atom. The molecule has 0 bridgehead atoms. The first-order valence-electron chi connectivity index (χ1n) is 8.07. The fourth-order valence-electron chi connectivity index (χ4n) is 2.46. The van der Waals surface area contributed by atoms with Gasteiger partial charge in [0.15, 0.2) is 5.65 Å². The summed E-state index contributed by atoms with van der Waals surface area (Å²) in [5.41, 5.74) is 0.848. The lowest BCUT2D eigenvalue weighted by atomic mass is 10.2. The van der Waals surface area contributed by atoms with Gasteiger partial charge in [-0.15, -0.1) is 10.2 Å². The summed E-state index contributed by atoms with van der Waals surface area (Å²) in [5, 5.41) is 7.52. The summed E-state index contributed by atoms with van der Waals surface area (Å²) in [6, 6.07) is 6.79. The van der Waals surface area contributed by atoms with Gasteiger partial charge >= 0.3 is 5.97 Å². The molecule has 0 amide bonds. The number of aryl methyl sites for hydroxylation is 1. The summed E-state index contributed by atoms with van der Waals surface area (Å²) in [4.78, 5) is 11.9. The van der Waals surface area contributed by atoms with Crippen LogP contribution in [0.3, 0.4) is 0 Å². The predicted octanol–water partition coefficient (Wildman–Crippen LogP) is 1.94. The molecule has 0 fully saturated rings. The summed E-state index contributed by atoms with van der Waals surface area (Å²) in [6.45, 7) is 2.69. The normalized spacial score (nSPS) is 11.5. The molecule has 0 aliphatic carbocycles. The van der Waals surface area contributed by atoms with Gasteiger partial charge in [0.25, 0.3) is 10.0 Å². The molecule has 0 saturated carbocycles. The molecule has 0 aliphatic heterocycles. The molecule has 2 heterocycles. The Morgan fingerprint density at radius 1 is 1.30 bits per heavy atom. The fourth-order valence-corrected chi connectivity index (χ4v) is 3.87. The first-order chi connectivity index (χ1) is 12.8. The van der Waals surface area contributed by atoms with Crippen molar-refractivity contribution < 1.29 is 22.3 Å². The van der Waals surface area contributed by atoms with Crippen molar-refractivity contribution in [2.24, 2.45) is 0 Å². The minimum Gasteiger partial charge on any atom is -0.465 e. The second kappa shape index (κ2) is 7.31. The van der Waals surface area contributed by atoms with E-state index < -0.39 is 28.4 Å². The lowest BCUT2D eigenvalue weighted by molar-refractivity contribution is -0.141. The van der Waals surface area contributed by atoms with Crippen LogP contribution in [0.1, 0.15) is 12.5 Å². The van der Waals surface area contributed by atoms with Crippen molar-refractivity contribution in [2.45, 2.75) is 18.7 Å². The molecule has 0 radical (unpaired) electrons. The summed E-state index contributed by atoms with van der Waals surface area (Å²) in [6.07, 6.45) is 2.68. The Labute approximate surface area is 155 Å². The van der Waals surface area contributed by atoms with E-state index in [0.29, 0.717) is 11.2 Å². The highest BCUT2D eigenvalue weighted by Gasteiger charge is 2.28. The van der Waals surface area contributed by atoms with Gasteiger partial charge < -0.3 is 4.74 Å². The van der Waals surface area contributed by atoms with Crippen molar-refractivity contribution in [1.82, 2.24) is 14.6 Å². The fraction of sp³-hybridized carbons (Fsp3) is 0.235. The lowest BCUT2D eigenvalue weighted by Crippen LogP contribution is -2.36. The maximum absolute atomic E-state index is 14.0. The van der Waals surface area contributed by atoms with Gasteiger partial charge in [0.05, 0.1) is 12.3 Å². The van der Waals surface area contributed by atoms with E-state index in [1.54, 1.807) is 13.8 Å². The van der Waals surface area contributed by atoms with Crippen LogP contribution in [0, 0.1) is 12.7 Å². The van der Waals surface area contributed by atoms with E-state index in [4.69, 9.17) is 4.74 Å². The minimum absolute atomic E-state index is 0.0232. The molecule has 10 heteroatoms. The number of hydrogen-bond donors (Lipinski definition) is 0. The zero-order chi connectivity index (χ0) is 19.6. The van der Waals surface area contributed by atoms with Crippen LogP contribution in [0.25, 0.3) is 5.65 Å². The number of nitrogens with zero attached hydrogens (tertiary/aromatic N) is 4. The van der Waals surface area contributed by atoms with Crippen LogP contribution < -0.4 is 4.31 Å². The number of fused-ring (bicyclic) bond motifs is 1. The van der Waals surface area contributed by atoms with E-state index in [0.717, 1.165) is 10.4 Å². The number of esters is 1. The molecule has 1 aromatic carbocycles. The number of sulfonamides is 1. The molecule has 3 rings (SSSR count). The molecular weight excluding hydrogens is 375 g/mol. The van der Waals surface area contributed by atoms with Gasteiger partial charge in [0, 0.05) is 6.20 Å². The van der Waals surface area contributed by atoms with E-state index in [-0.39, 0.29) is 17.2 Å². The van der Waals surface area contributed by atoms with Gasteiger partial charge in [-0.2, -0.15) is 0 Å². The Morgan fingerprint density at radius 3 is 2.78 bits per heavy atom. The van der Waals surface area contributed by atoms with Crippen LogP contribution in [-0.2, 0) is 19.6 Å². The van der Waals surface area contributed by atoms with Gasteiger partial charge in [-0.3, -0.25) is 13.5 Å². The molecule has 0 spiro atoms. The van der Waals surface area contributed by atoms with E-state index in [1.165, 1.54) is 41.2 Å².